The van der Waals surface area contributed by atoms with Gasteiger partial charge in [0.2, 0.25) is 5.91 Å². The van der Waals surface area contributed by atoms with Crippen molar-refractivity contribution in [1.29, 1.82) is 0 Å². The van der Waals surface area contributed by atoms with Crippen molar-refractivity contribution in [2.75, 3.05) is 5.32 Å². The molecule has 2 aromatic rings. The maximum absolute atomic E-state index is 11.4. The van der Waals surface area contributed by atoms with E-state index in [1.54, 1.807) is 6.92 Å². The molecule has 1 amide bonds. The lowest BCUT2D eigenvalue weighted by Crippen LogP contribution is -2.43. The minimum absolute atomic E-state index is 0.0423. The third-order valence-electron chi connectivity index (χ3n) is 7.37. The molecule has 5 rings (SSSR count). The molecular weight excluding hydrogens is 404 g/mol. The Balaban J connectivity index is 1.40. The molecule has 8 heteroatoms. The Morgan fingerprint density at radius 2 is 1.94 bits per heavy atom. The summed E-state index contributed by atoms with van der Waals surface area (Å²) in [5.41, 5.74) is 3.78. The van der Waals surface area contributed by atoms with Crippen molar-refractivity contribution in [2.45, 2.75) is 102 Å². The summed E-state index contributed by atoms with van der Waals surface area (Å²) in [4.78, 5) is 22.3. The maximum Gasteiger partial charge on any atom is 0.217 e. The molecule has 0 saturated heterocycles. The summed E-state index contributed by atoms with van der Waals surface area (Å²) in [7, 11) is 0. The Hall–Kier alpha value is -2.64. The van der Waals surface area contributed by atoms with Crippen molar-refractivity contribution < 1.29 is 9.63 Å². The van der Waals surface area contributed by atoms with Crippen molar-refractivity contribution >= 4 is 28.3 Å². The standard InChI is InChI=1S/C24H34N6O2/c1-3-30-23-20(15-26-30)22(28-17-7-5-4-6-8-17)19(14-25-23)21-13-24(32-29-21)11-9-18(10-12-24)27-16(2)31/h14-15,17-18H,3-13H2,1-2H3,(H,25,28)(H,27,31). The predicted molar refractivity (Wildman–Crippen MR) is 125 cm³/mol. The number of rotatable bonds is 5. The number of fused-ring (bicyclic) bond motifs is 1. The van der Waals surface area contributed by atoms with E-state index in [2.05, 4.69) is 27.8 Å². The lowest BCUT2D eigenvalue weighted by Gasteiger charge is -2.35. The van der Waals surface area contributed by atoms with Gasteiger partial charge in [-0.05, 0) is 45.4 Å². The molecule has 0 unspecified atom stereocenters. The maximum atomic E-state index is 11.4. The van der Waals surface area contributed by atoms with Crippen LogP contribution < -0.4 is 10.6 Å². The number of amides is 1. The first kappa shape index (κ1) is 21.2. The molecule has 0 aromatic carbocycles. The van der Waals surface area contributed by atoms with Crippen molar-refractivity contribution in [3.63, 3.8) is 0 Å². The molecule has 3 heterocycles. The van der Waals surface area contributed by atoms with Crippen LogP contribution in [0, 0.1) is 0 Å². The molecule has 1 spiro atoms. The second-order valence-electron chi connectivity index (χ2n) is 9.69. The third-order valence-corrected chi connectivity index (χ3v) is 7.37. The second kappa shape index (κ2) is 8.71. The number of oxime groups is 1. The summed E-state index contributed by atoms with van der Waals surface area (Å²) in [6, 6.07) is 0.718. The number of anilines is 1. The van der Waals surface area contributed by atoms with Gasteiger partial charge in [-0.25, -0.2) is 9.67 Å². The van der Waals surface area contributed by atoms with Gasteiger partial charge in [0.15, 0.2) is 5.65 Å². The number of carbonyl (C=O) groups excluding carboxylic acids is 1. The molecule has 2 N–H and O–H groups in total. The largest absolute Gasteiger partial charge is 0.389 e. The van der Waals surface area contributed by atoms with E-state index < -0.39 is 0 Å². The third kappa shape index (κ3) is 4.07. The molecule has 3 aliphatic rings. The van der Waals surface area contributed by atoms with Crippen LogP contribution >= 0.6 is 0 Å². The molecule has 0 atom stereocenters. The number of hydrogen-bond donors (Lipinski definition) is 2. The average Bonchev–Trinajstić information content (AvgIpc) is 3.41. The Morgan fingerprint density at radius 1 is 1.16 bits per heavy atom. The second-order valence-corrected chi connectivity index (χ2v) is 9.69. The van der Waals surface area contributed by atoms with Crippen LogP contribution in [-0.2, 0) is 16.2 Å². The number of aromatic nitrogens is 3. The Kier molecular flexibility index (Phi) is 5.78. The molecule has 2 aromatic heterocycles. The summed E-state index contributed by atoms with van der Waals surface area (Å²) in [5, 5.41) is 17.1. The highest BCUT2D eigenvalue weighted by atomic mass is 16.7. The molecular formula is C24H34N6O2. The van der Waals surface area contributed by atoms with Crippen LogP contribution in [0.5, 0.6) is 0 Å². The number of nitrogens with one attached hydrogen (secondary N) is 2. The van der Waals surface area contributed by atoms with E-state index in [0.29, 0.717) is 6.04 Å². The van der Waals surface area contributed by atoms with Crippen molar-refractivity contribution in [3.05, 3.63) is 18.0 Å². The van der Waals surface area contributed by atoms with Gasteiger partial charge in [-0.15, -0.1) is 0 Å². The number of pyridine rings is 1. The number of carbonyl (C=O) groups is 1. The quantitative estimate of drug-likeness (QED) is 0.732. The molecule has 8 nitrogen and oxygen atoms in total. The lowest BCUT2D eigenvalue weighted by molar-refractivity contribution is -0.120. The first-order valence-electron chi connectivity index (χ1n) is 12.2. The van der Waals surface area contributed by atoms with Gasteiger partial charge in [-0.2, -0.15) is 5.10 Å². The summed E-state index contributed by atoms with van der Waals surface area (Å²) >= 11 is 0. The van der Waals surface area contributed by atoms with Crippen molar-refractivity contribution in [3.8, 4) is 0 Å². The van der Waals surface area contributed by atoms with Crippen LogP contribution in [-0.4, -0.2) is 44.1 Å². The Bertz CT molecular complexity index is 1010. The molecule has 172 valence electrons. The van der Waals surface area contributed by atoms with E-state index in [9.17, 15) is 4.79 Å². The van der Waals surface area contributed by atoms with Gasteiger partial charge >= 0.3 is 0 Å². The van der Waals surface area contributed by atoms with E-state index >= 15 is 0 Å². The van der Waals surface area contributed by atoms with E-state index in [1.165, 1.54) is 32.1 Å². The highest BCUT2D eigenvalue weighted by Gasteiger charge is 2.43. The fourth-order valence-electron chi connectivity index (χ4n) is 5.59. The van der Waals surface area contributed by atoms with Gasteiger partial charge in [0.05, 0.1) is 23.0 Å². The monoisotopic (exact) mass is 438 g/mol. The molecule has 0 radical (unpaired) electrons. The smallest absolute Gasteiger partial charge is 0.217 e. The van der Waals surface area contributed by atoms with E-state index in [1.807, 2.05) is 17.1 Å². The highest BCUT2D eigenvalue weighted by Crippen LogP contribution is 2.41. The van der Waals surface area contributed by atoms with E-state index in [-0.39, 0.29) is 17.6 Å². The van der Waals surface area contributed by atoms with Gasteiger partial charge in [-0.3, -0.25) is 4.79 Å². The minimum Gasteiger partial charge on any atom is -0.389 e. The summed E-state index contributed by atoms with van der Waals surface area (Å²) in [5.74, 6) is 0.0423. The zero-order valence-electron chi connectivity index (χ0n) is 19.2. The topological polar surface area (TPSA) is 93.4 Å². The molecule has 1 aliphatic heterocycles. The summed E-state index contributed by atoms with van der Waals surface area (Å²) in [6.45, 7) is 4.47. The molecule has 0 bridgehead atoms. The van der Waals surface area contributed by atoms with Crippen molar-refractivity contribution in [2.24, 2.45) is 5.16 Å². The first-order chi connectivity index (χ1) is 15.6. The minimum atomic E-state index is -0.255. The normalized spacial score (nSPS) is 26.2. The Morgan fingerprint density at radius 3 is 2.66 bits per heavy atom. The fourth-order valence-corrected chi connectivity index (χ4v) is 5.59. The van der Waals surface area contributed by atoms with Crippen molar-refractivity contribution in [1.82, 2.24) is 20.1 Å². The number of hydrogen-bond acceptors (Lipinski definition) is 6. The molecule has 32 heavy (non-hydrogen) atoms. The highest BCUT2D eigenvalue weighted by molar-refractivity contribution is 6.10. The zero-order chi connectivity index (χ0) is 22.1. The van der Waals surface area contributed by atoms with Gasteiger partial charge < -0.3 is 15.5 Å². The molecule has 2 aliphatic carbocycles. The number of nitrogens with zero attached hydrogens (tertiary/aromatic N) is 4. The molecule has 2 fully saturated rings. The van der Waals surface area contributed by atoms with E-state index in [0.717, 1.165) is 66.6 Å². The number of aryl methyl sites for hydroxylation is 1. The van der Waals surface area contributed by atoms with Gasteiger partial charge in [0, 0.05) is 43.7 Å². The summed E-state index contributed by atoms with van der Waals surface area (Å²) < 4.78 is 1.95. The first-order valence-corrected chi connectivity index (χ1v) is 12.2. The SMILES string of the molecule is CCn1ncc2c(NC3CCCCC3)c(C3=NOC4(CCC(NC(C)=O)CC4)C3)cnc21. The average molecular weight is 439 g/mol. The van der Waals surface area contributed by atoms with Crippen LogP contribution in [0.15, 0.2) is 17.5 Å². The predicted octanol–water partition coefficient (Wildman–Crippen LogP) is 4.14. The fraction of sp³-hybridized carbons (Fsp3) is 0.667. The Labute approximate surface area is 189 Å². The zero-order valence-corrected chi connectivity index (χ0v) is 19.2. The molecule has 2 saturated carbocycles. The van der Waals surface area contributed by atoms with Crippen LogP contribution in [0.2, 0.25) is 0 Å². The van der Waals surface area contributed by atoms with Crippen LogP contribution in [0.25, 0.3) is 11.0 Å². The lowest BCUT2D eigenvalue weighted by atomic mass is 9.78. The van der Waals surface area contributed by atoms with Gasteiger partial charge in [0.25, 0.3) is 0 Å². The van der Waals surface area contributed by atoms with Crippen LogP contribution in [0.4, 0.5) is 5.69 Å². The van der Waals surface area contributed by atoms with Crippen LogP contribution in [0.1, 0.15) is 83.6 Å². The van der Waals surface area contributed by atoms with Gasteiger partial charge in [-0.1, -0.05) is 24.4 Å². The summed E-state index contributed by atoms with van der Waals surface area (Å²) in [6.07, 6.45) is 14.6. The van der Waals surface area contributed by atoms with E-state index in [4.69, 9.17) is 9.82 Å². The van der Waals surface area contributed by atoms with Crippen LogP contribution in [0.3, 0.4) is 0 Å². The van der Waals surface area contributed by atoms with Gasteiger partial charge in [0.1, 0.15) is 5.60 Å².